The molecule has 0 atom stereocenters. The van der Waals surface area contributed by atoms with Crippen LogP contribution in [0.2, 0.25) is 0 Å². The van der Waals surface area contributed by atoms with Crippen LogP contribution in [0.25, 0.3) is 6.08 Å². The number of amides is 1. The van der Waals surface area contributed by atoms with Crippen LogP contribution in [-0.4, -0.2) is 55.0 Å². The minimum Gasteiger partial charge on any atom is -0.317 e. The third kappa shape index (κ3) is 5.17. The zero-order valence-corrected chi connectivity index (χ0v) is 18.1. The molecule has 2 aliphatic rings. The number of thiophene rings is 1. The number of rotatable bonds is 7. The maximum Gasteiger partial charge on any atom is 0.226 e. The second-order valence-corrected chi connectivity index (χ2v) is 9.03. The van der Waals surface area contributed by atoms with Gasteiger partial charge in [-0.1, -0.05) is 42.5 Å². The number of anilines is 1. The Morgan fingerprint density at radius 3 is 2.67 bits per heavy atom. The van der Waals surface area contributed by atoms with Crippen LogP contribution < -0.4 is 5.32 Å². The molecule has 4 rings (SSSR count). The first-order valence-corrected chi connectivity index (χ1v) is 11.6. The molecule has 1 aliphatic carbocycles. The summed E-state index contributed by atoms with van der Waals surface area (Å²) in [6.07, 6.45) is 8.00. The van der Waals surface area contributed by atoms with Gasteiger partial charge in [-0.2, -0.15) is 5.26 Å². The average Bonchev–Trinajstić information content (AvgIpc) is 3.34. The second kappa shape index (κ2) is 10.0. The van der Waals surface area contributed by atoms with Crippen molar-refractivity contribution in [3.63, 3.8) is 0 Å². The topological polar surface area (TPSA) is 59.4 Å². The molecule has 1 N–H and O–H groups in total. The van der Waals surface area contributed by atoms with Crippen LogP contribution in [0.4, 0.5) is 5.00 Å². The molecule has 1 saturated heterocycles. The number of carbonyl (C=O) groups is 1. The fraction of sp³-hybridized carbons (Fsp3) is 0.417. The van der Waals surface area contributed by atoms with E-state index in [-0.39, 0.29) is 5.91 Å². The van der Waals surface area contributed by atoms with E-state index >= 15 is 0 Å². The number of aryl methyl sites for hydroxylation is 1. The quantitative estimate of drug-likeness (QED) is 0.741. The SMILES string of the molecule is N#Cc1c(NC(=O)CCN2CCN(C/C=C/c3ccccc3)CC2)sc2c1CCC2. The first-order valence-electron chi connectivity index (χ1n) is 10.7. The number of nitriles is 1. The summed E-state index contributed by atoms with van der Waals surface area (Å²) < 4.78 is 0. The second-order valence-electron chi connectivity index (χ2n) is 7.93. The van der Waals surface area contributed by atoms with Gasteiger partial charge in [-0.25, -0.2) is 0 Å². The number of nitrogens with zero attached hydrogens (tertiary/aromatic N) is 3. The normalized spacial score (nSPS) is 17.2. The fourth-order valence-electron chi connectivity index (χ4n) is 4.16. The summed E-state index contributed by atoms with van der Waals surface area (Å²) in [5.74, 6) is 0.0136. The van der Waals surface area contributed by atoms with Gasteiger partial charge >= 0.3 is 0 Å². The third-order valence-electron chi connectivity index (χ3n) is 5.88. The summed E-state index contributed by atoms with van der Waals surface area (Å²) in [5, 5.41) is 13.2. The molecule has 156 valence electrons. The lowest BCUT2D eigenvalue weighted by atomic mass is 10.1. The molecule has 5 nitrogen and oxygen atoms in total. The first kappa shape index (κ1) is 20.8. The van der Waals surface area contributed by atoms with Gasteiger partial charge in [-0.05, 0) is 30.4 Å². The van der Waals surface area contributed by atoms with Gasteiger partial charge in [-0.15, -0.1) is 11.3 Å². The van der Waals surface area contributed by atoms with Gasteiger partial charge in [0, 0.05) is 50.6 Å². The van der Waals surface area contributed by atoms with E-state index in [0.29, 0.717) is 12.0 Å². The van der Waals surface area contributed by atoms with E-state index < -0.39 is 0 Å². The van der Waals surface area contributed by atoms with Gasteiger partial charge in [0.1, 0.15) is 11.1 Å². The predicted molar refractivity (Wildman–Crippen MR) is 123 cm³/mol. The van der Waals surface area contributed by atoms with E-state index in [2.05, 4.69) is 57.6 Å². The summed E-state index contributed by atoms with van der Waals surface area (Å²) in [6, 6.07) is 12.7. The summed E-state index contributed by atoms with van der Waals surface area (Å²) >= 11 is 1.59. The Labute approximate surface area is 182 Å². The van der Waals surface area contributed by atoms with Crippen molar-refractivity contribution in [2.75, 3.05) is 44.6 Å². The van der Waals surface area contributed by atoms with Gasteiger partial charge < -0.3 is 10.2 Å². The lowest BCUT2D eigenvalue weighted by molar-refractivity contribution is -0.116. The Hall–Kier alpha value is -2.46. The van der Waals surface area contributed by atoms with Crippen molar-refractivity contribution in [2.45, 2.75) is 25.7 Å². The number of hydrogen-bond donors (Lipinski definition) is 1. The number of piperazine rings is 1. The van der Waals surface area contributed by atoms with Gasteiger partial charge in [-0.3, -0.25) is 9.69 Å². The molecule has 1 fully saturated rings. The lowest BCUT2D eigenvalue weighted by Crippen LogP contribution is -2.46. The van der Waals surface area contributed by atoms with Crippen LogP contribution in [0, 0.1) is 11.3 Å². The van der Waals surface area contributed by atoms with Gasteiger partial charge in [0.15, 0.2) is 0 Å². The summed E-state index contributed by atoms with van der Waals surface area (Å²) in [7, 11) is 0. The molecule has 6 heteroatoms. The molecule has 0 radical (unpaired) electrons. The summed E-state index contributed by atoms with van der Waals surface area (Å²) in [4.78, 5) is 18.5. The maximum absolute atomic E-state index is 12.4. The van der Waals surface area contributed by atoms with Crippen molar-refractivity contribution in [1.82, 2.24) is 9.80 Å². The Balaban J connectivity index is 1.18. The lowest BCUT2D eigenvalue weighted by Gasteiger charge is -2.33. The van der Waals surface area contributed by atoms with Crippen molar-refractivity contribution in [2.24, 2.45) is 0 Å². The predicted octanol–water partition coefficient (Wildman–Crippen LogP) is 3.77. The van der Waals surface area contributed by atoms with Crippen LogP contribution in [0.15, 0.2) is 36.4 Å². The van der Waals surface area contributed by atoms with Crippen LogP contribution >= 0.6 is 11.3 Å². The van der Waals surface area contributed by atoms with Crippen LogP contribution in [0.1, 0.15) is 34.4 Å². The molecular formula is C24H28N4OS. The van der Waals surface area contributed by atoms with Gasteiger partial charge in [0.05, 0.1) is 5.56 Å². The van der Waals surface area contributed by atoms with Crippen molar-refractivity contribution in [3.8, 4) is 6.07 Å². The Bertz CT molecular complexity index is 936. The molecule has 0 spiro atoms. The number of nitrogens with one attached hydrogen (secondary N) is 1. The van der Waals surface area contributed by atoms with E-state index in [0.717, 1.165) is 69.1 Å². The average molecular weight is 421 g/mol. The number of hydrogen-bond acceptors (Lipinski definition) is 5. The van der Waals surface area contributed by atoms with Crippen molar-refractivity contribution < 1.29 is 4.79 Å². The van der Waals surface area contributed by atoms with Gasteiger partial charge in [0.2, 0.25) is 5.91 Å². The molecule has 2 heterocycles. The molecule has 1 amide bonds. The highest BCUT2D eigenvalue weighted by Crippen LogP contribution is 2.38. The zero-order valence-electron chi connectivity index (χ0n) is 17.3. The minimum absolute atomic E-state index is 0.0136. The monoisotopic (exact) mass is 420 g/mol. The molecule has 1 aromatic heterocycles. The molecule has 30 heavy (non-hydrogen) atoms. The van der Waals surface area contributed by atoms with E-state index in [4.69, 9.17) is 0 Å². The largest absolute Gasteiger partial charge is 0.317 e. The number of carbonyl (C=O) groups excluding carboxylic acids is 1. The highest BCUT2D eigenvalue weighted by molar-refractivity contribution is 7.16. The Morgan fingerprint density at radius 1 is 1.13 bits per heavy atom. The molecule has 0 saturated carbocycles. The highest BCUT2D eigenvalue weighted by atomic mass is 32.1. The van der Waals surface area contributed by atoms with Crippen molar-refractivity contribution >= 4 is 28.3 Å². The number of benzene rings is 1. The van der Waals surface area contributed by atoms with Crippen LogP contribution in [-0.2, 0) is 17.6 Å². The first-order chi connectivity index (χ1) is 14.7. The summed E-state index contributed by atoms with van der Waals surface area (Å²) in [6.45, 7) is 5.76. The maximum atomic E-state index is 12.4. The van der Waals surface area contributed by atoms with E-state index in [1.807, 2.05) is 6.07 Å². The molecule has 1 aliphatic heterocycles. The summed E-state index contributed by atoms with van der Waals surface area (Å²) in [5.41, 5.74) is 3.09. The molecule has 1 aromatic carbocycles. The standard InChI is InChI=1S/C24H28N4OS/c25-18-21-20-9-4-10-22(20)30-24(21)26-23(29)11-13-28-16-14-27(15-17-28)12-5-8-19-6-2-1-3-7-19/h1-3,5-8H,4,9-17H2,(H,26,29)/b8-5+. The molecule has 0 bridgehead atoms. The van der Waals surface area contributed by atoms with Crippen molar-refractivity contribution in [1.29, 1.82) is 5.26 Å². The van der Waals surface area contributed by atoms with E-state index in [1.165, 1.54) is 10.4 Å². The molecule has 2 aromatic rings. The Kier molecular flexibility index (Phi) is 6.96. The van der Waals surface area contributed by atoms with Crippen molar-refractivity contribution in [3.05, 3.63) is 58.0 Å². The number of fused-ring (bicyclic) bond motifs is 1. The smallest absolute Gasteiger partial charge is 0.226 e. The third-order valence-corrected chi connectivity index (χ3v) is 7.09. The minimum atomic E-state index is 0.0136. The van der Waals surface area contributed by atoms with E-state index in [9.17, 15) is 10.1 Å². The van der Waals surface area contributed by atoms with Gasteiger partial charge in [0.25, 0.3) is 0 Å². The fourth-order valence-corrected chi connectivity index (χ4v) is 5.41. The van der Waals surface area contributed by atoms with Crippen LogP contribution in [0.3, 0.4) is 0 Å². The zero-order chi connectivity index (χ0) is 20.8. The Morgan fingerprint density at radius 2 is 1.90 bits per heavy atom. The highest BCUT2D eigenvalue weighted by Gasteiger charge is 2.23. The van der Waals surface area contributed by atoms with Crippen LogP contribution in [0.5, 0.6) is 0 Å². The van der Waals surface area contributed by atoms with E-state index in [1.54, 1.807) is 11.3 Å². The molecule has 0 unspecified atom stereocenters. The molecular weight excluding hydrogens is 392 g/mol.